The molecule has 2 unspecified atom stereocenters. The van der Waals surface area contributed by atoms with Gasteiger partial charge >= 0.3 is 0 Å². The molecule has 19 heavy (non-hydrogen) atoms. The van der Waals surface area contributed by atoms with Crippen LogP contribution in [0.3, 0.4) is 0 Å². The Hall–Kier alpha value is -0.670. The van der Waals surface area contributed by atoms with Gasteiger partial charge in [-0.3, -0.25) is 4.21 Å². The monoisotopic (exact) mass is 277 g/mol. The molecule has 2 nitrogen and oxygen atoms in total. The van der Waals surface area contributed by atoms with Gasteiger partial charge in [-0.05, 0) is 42.7 Å². The van der Waals surface area contributed by atoms with E-state index in [9.17, 15) is 4.21 Å². The molecular weight excluding hydrogens is 254 g/mol. The molecule has 0 amide bonds. The van der Waals surface area contributed by atoms with Gasteiger partial charge in [0, 0.05) is 34.4 Å². The fraction of sp³-hybridized carbons (Fsp3) is 0.625. The predicted octanol–water partition coefficient (Wildman–Crippen LogP) is 3.13. The molecule has 1 aromatic rings. The lowest BCUT2D eigenvalue weighted by Gasteiger charge is -2.34. The minimum atomic E-state index is -0.558. The van der Waals surface area contributed by atoms with Crippen LogP contribution in [0, 0.1) is 0 Å². The molecule has 1 N–H and O–H groups in total. The molecular formula is C16H23NOS. The van der Waals surface area contributed by atoms with E-state index in [2.05, 4.69) is 36.5 Å². The van der Waals surface area contributed by atoms with Crippen molar-refractivity contribution in [3.8, 4) is 0 Å². The van der Waals surface area contributed by atoms with Crippen molar-refractivity contribution in [1.29, 1.82) is 0 Å². The van der Waals surface area contributed by atoms with Crippen LogP contribution in [0.25, 0.3) is 0 Å². The summed E-state index contributed by atoms with van der Waals surface area (Å²) in [5.41, 5.74) is 3.01. The van der Waals surface area contributed by atoms with Crippen LogP contribution in [0.1, 0.15) is 55.7 Å². The van der Waals surface area contributed by atoms with Crippen molar-refractivity contribution in [1.82, 2.24) is 5.32 Å². The summed E-state index contributed by atoms with van der Waals surface area (Å²) < 4.78 is 11.4. The van der Waals surface area contributed by atoms with Gasteiger partial charge in [-0.2, -0.15) is 0 Å². The van der Waals surface area contributed by atoms with E-state index in [1.807, 2.05) is 0 Å². The maximum Gasteiger partial charge on any atom is 0.0325 e. The van der Waals surface area contributed by atoms with Crippen LogP contribution in [-0.2, 0) is 10.8 Å². The van der Waals surface area contributed by atoms with Gasteiger partial charge in [0.2, 0.25) is 0 Å². The molecule has 1 aliphatic carbocycles. The van der Waals surface area contributed by atoms with Gasteiger partial charge in [0.15, 0.2) is 0 Å². The van der Waals surface area contributed by atoms with Crippen LogP contribution in [0.2, 0.25) is 0 Å². The molecule has 3 heteroatoms. The van der Waals surface area contributed by atoms with Crippen LogP contribution in [0.4, 0.5) is 0 Å². The second-order valence-electron chi connectivity index (χ2n) is 5.95. The van der Waals surface area contributed by atoms with E-state index < -0.39 is 10.8 Å². The van der Waals surface area contributed by atoms with E-state index in [1.54, 1.807) is 0 Å². The Morgan fingerprint density at radius 1 is 1.05 bits per heavy atom. The molecule has 0 bridgehead atoms. The Kier molecular flexibility index (Phi) is 4.04. The Morgan fingerprint density at radius 3 is 2.47 bits per heavy atom. The van der Waals surface area contributed by atoms with Crippen LogP contribution in [0.5, 0.6) is 0 Å². The molecule has 0 spiro atoms. The summed E-state index contributed by atoms with van der Waals surface area (Å²) in [6, 6.07) is 9.93. The first-order valence-corrected chi connectivity index (χ1v) is 8.92. The number of fused-ring (bicyclic) bond motifs is 1. The van der Waals surface area contributed by atoms with Gasteiger partial charge in [0.1, 0.15) is 0 Å². The van der Waals surface area contributed by atoms with Crippen LogP contribution in [-0.4, -0.2) is 21.8 Å². The SMILES string of the molecule is CC1CCC(NC2CCS(=O)CC2)c2ccccc21. The average molecular weight is 277 g/mol. The van der Waals surface area contributed by atoms with Crippen molar-refractivity contribution in [2.75, 3.05) is 11.5 Å². The lowest BCUT2D eigenvalue weighted by atomic mass is 9.80. The van der Waals surface area contributed by atoms with Crippen molar-refractivity contribution in [3.63, 3.8) is 0 Å². The first-order valence-electron chi connectivity index (χ1n) is 7.44. The van der Waals surface area contributed by atoms with E-state index in [0.29, 0.717) is 18.0 Å². The second-order valence-corrected chi connectivity index (χ2v) is 7.65. The van der Waals surface area contributed by atoms with Gasteiger partial charge < -0.3 is 5.32 Å². The largest absolute Gasteiger partial charge is 0.307 e. The van der Waals surface area contributed by atoms with Crippen molar-refractivity contribution >= 4 is 10.8 Å². The quantitative estimate of drug-likeness (QED) is 0.900. The molecule has 0 radical (unpaired) electrons. The third kappa shape index (κ3) is 2.92. The molecule has 104 valence electrons. The maximum atomic E-state index is 11.4. The smallest absolute Gasteiger partial charge is 0.0325 e. The average Bonchev–Trinajstić information content (AvgIpc) is 2.45. The zero-order chi connectivity index (χ0) is 13.2. The molecule has 2 aliphatic rings. The zero-order valence-electron chi connectivity index (χ0n) is 11.6. The highest BCUT2D eigenvalue weighted by atomic mass is 32.2. The Balaban J connectivity index is 1.72. The number of nitrogens with one attached hydrogen (secondary N) is 1. The summed E-state index contributed by atoms with van der Waals surface area (Å²) in [5.74, 6) is 2.44. The van der Waals surface area contributed by atoms with E-state index in [4.69, 9.17) is 0 Å². The van der Waals surface area contributed by atoms with Crippen molar-refractivity contribution in [2.45, 2.75) is 50.6 Å². The van der Waals surface area contributed by atoms with Crippen LogP contribution < -0.4 is 5.32 Å². The molecule has 0 aromatic heterocycles. The highest BCUT2D eigenvalue weighted by molar-refractivity contribution is 7.85. The Bertz CT molecular complexity index is 464. The van der Waals surface area contributed by atoms with Gasteiger partial charge in [-0.1, -0.05) is 31.2 Å². The number of benzene rings is 1. The number of hydrogen-bond acceptors (Lipinski definition) is 2. The summed E-state index contributed by atoms with van der Waals surface area (Å²) >= 11 is 0. The topological polar surface area (TPSA) is 29.1 Å². The summed E-state index contributed by atoms with van der Waals surface area (Å²) in [6.45, 7) is 2.33. The molecule has 1 fully saturated rings. The molecule has 3 rings (SSSR count). The third-order valence-electron chi connectivity index (χ3n) is 4.62. The van der Waals surface area contributed by atoms with Gasteiger partial charge in [-0.15, -0.1) is 0 Å². The lowest BCUT2D eigenvalue weighted by Crippen LogP contribution is -2.39. The highest BCUT2D eigenvalue weighted by Gasteiger charge is 2.27. The van der Waals surface area contributed by atoms with Crippen molar-refractivity contribution < 1.29 is 4.21 Å². The zero-order valence-corrected chi connectivity index (χ0v) is 12.4. The first-order chi connectivity index (χ1) is 9.24. The van der Waals surface area contributed by atoms with E-state index in [1.165, 1.54) is 24.0 Å². The predicted molar refractivity (Wildman–Crippen MR) is 80.9 cm³/mol. The van der Waals surface area contributed by atoms with Crippen LogP contribution in [0.15, 0.2) is 24.3 Å². The lowest BCUT2D eigenvalue weighted by molar-refractivity contribution is 0.364. The van der Waals surface area contributed by atoms with Gasteiger partial charge in [0.05, 0.1) is 0 Å². The molecule has 1 aromatic carbocycles. The maximum absolute atomic E-state index is 11.4. The highest BCUT2D eigenvalue weighted by Crippen LogP contribution is 2.37. The Labute approximate surface area is 118 Å². The number of hydrogen-bond donors (Lipinski definition) is 1. The normalized spacial score (nSPS) is 34.8. The minimum Gasteiger partial charge on any atom is -0.307 e. The van der Waals surface area contributed by atoms with E-state index in [0.717, 1.165) is 24.3 Å². The fourth-order valence-corrected chi connectivity index (χ4v) is 4.72. The minimum absolute atomic E-state index is 0.504. The van der Waals surface area contributed by atoms with Crippen molar-refractivity contribution in [3.05, 3.63) is 35.4 Å². The molecule has 2 atom stereocenters. The number of rotatable bonds is 2. The van der Waals surface area contributed by atoms with Gasteiger partial charge in [-0.25, -0.2) is 0 Å². The molecule has 1 saturated heterocycles. The van der Waals surface area contributed by atoms with Crippen LogP contribution >= 0.6 is 0 Å². The fourth-order valence-electron chi connectivity index (χ4n) is 3.42. The second kappa shape index (κ2) is 5.76. The Morgan fingerprint density at radius 2 is 1.74 bits per heavy atom. The van der Waals surface area contributed by atoms with Gasteiger partial charge in [0.25, 0.3) is 0 Å². The van der Waals surface area contributed by atoms with Crippen molar-refractivity contribution in [2.24, 2.45) is 0 Å². The molecule has 1 heterocycles. The summed E-state index contributed by atoms with van der Waals surface area (Å²) in [5, 5.41) is 3.82. The summed E-state index contributed by atoms with van der Waals surface area (Å²) in [7, 11) is -0.558. The van der Waals surface area contributed by atoms with E-state index in [-0.39, 0.29) is 0 Å². The molecule has 1 aliphatic heterocycles. The molecule has 0 saturated carbocycles. The first kappa shape index (κ1) is 13.3. The summed E-state index contributed by atoms with van der Waals surface area (Å²) in [6.07, 6.45) is 4.65. The standard InChI is InChI=1S/C16H23NOS/c1-12-6-7-16(15-5-3-2-4-14(12)15)17-13-8-10-19(18)11-9-13/h2-5,12-13,16-17H,6-11H2,1H3. The summed E-state index contributed by atoms with van der Waals surface area (Å²) in [4.78, 5) is 0. The van der Waals surface area contributed by atoms with E-state index >= 15 is 0 Å². The third-order valence-corrected chi connectivity index (χ3v) is 6.00.